The first-order valence-corrected chi connectivity index (χ1v) is 13.2. The SMILES string of the molecule is C[Te+](C[C@]12CC[C@H](C[C@H]1O)C2(C)C)c1ccc(C(F)(F)F)cc1. The van der Waals surface area contributed by atoms with Crippen molar-refractivity contribution in [3.8, 4) is 0 Å². The number of fused-ring (bicyclic) bond motifs is 2. The minimum atomic E-state index is -4.27. The van der Waals surface area contributed by atoms with Crippen molar-refractivity contribution < 1.29 is 18.3 Å². The third kappa shape index (κ3) is 2.73. The molecule has 0 heterocycles. The molecule has 0 aromatic heterocycles. The summed E-state index contributed by atoms with van der Waals surface area (Å²) < 4.78 is 40.2. The molecule has 3 atom stereocenters. The zero-order valence-electron chi connectivity index (χ0n) is 13.8. The summed E-state index contributed by atoms with van der Waals surface area (Å²) in [6.45, 7) is 4.56. The second kappa shape index (κ2) is 5.64. The van der Waals surface area contributed by atoms with Crippen LogP contribution < -0.4 is 3.61 Å². The van der Waals surface area contributed by atoms with Crippen molar-refractivity contribution in [1.82, 2.24) is 0 Å². The van der Waals surface area contributed by atoms with Crippen LogP contribution in [-0.4, -0.2) is 30.8 Å². The molecule has 1 nitrogen and oxygen atoms in total. The van der Waals surface area contributed by atoms with Gasteiger partial charge in [0.15, 0.2) is 0 Å². The molecule has 0 amide bonds. The van der Waals surface area contributed by atoms with Gasteiger partial charge in [-0.1, -0.05) is 0 Å². The normalized spacial score (nSPS) is 32.7. The van der Waals surface area contributed by atoms with E-state index in [1.807, 2.05) is 0 Å². The van der Waals surface area contributed by atoms with E-state index in [0.29, 0.717) is 5.92 Å². The number of rotatable bonds is 3. The Morgan fingerprint density at radius 3 is 2.26 bits per heavy atom. The molecule has 3 rings (SSSR count). The van der Waals surface area contributed by atoms with Gasteiger partial charge in [-0.2, -0.15) is 0 Å². The number of aliphatic hydroxyl groups excluding tert-OH is 1. The molecule has 1 aromatic rings. The summed E-state index contributed by atoms with van der Waals surface area (Å²) in [4.78, 5) is 2.23. The molecular formula is C18H24F3OTe+. The molecule has 128 valence electrons. The molecule has 0 unspecified atom stereocenters. The maximum atomic E-state index is 12.7. The van der Waals surface area contributed by atoms with Crippen molar-refractivity contribution in [2.75, 3.05) is 0 Å². The van der Waals surface area contributed by atoms with Gasteiger partial charge in [-0.15, -0.1) is 0 Å². The third-order valence-electron chi connectivity index (χ3n) is 6.45. The standard InChI is InChI=1S/C18H24F3OTe/c1-16(2)13-8-9-17(16,15(22)10-13)11-23(3)14-6-4-12(5-7-14)18(19,20)21/h4-7,13,15,22H,8-11H2,1-3H3/q+1/t13-,15-,17-/m1/s1. The molecule has 0 aliphatic heterocycles. The van der Waals surface area contributed by atoms with Crippen molar-refractivity contribution >= 4 is 23.2 Å². The summed E-state index contributed by atoms with van der Waals surface area (Å²) in [5, 5.41) is 10.6. The fraction of sp³-hybridized carbons (Fsp3) is 0.667. The molecule has 2 aliphatic carbocycles. The number of benzene rings is 1. The predicted octanol–water partition coefficient (Wildman–Crippen LogP) is 4.22. The van der Waals surface area contributed by atoms with Gasteiger partial charge >= 0.3 is 143 Å². The first kappa shape index (κ1) is 17.6. The molecule has 0 saturated heterocycles. The van der Waals surface area contributed by atoms with Crippen LogP contribution in [0.3, 0.4) is 0 Å². The van der Waals surface area contributed by atoms with Crippen LogP contribution in [0.4, 0.5) is 13.2 Å². The van der Waals surface area contributed by atoms with Crippen molar-refractivity contribution in [2.24, 2.45) is 16.7 Å². The minimum absolute atomic E-state index is 0.0219. The van der Waals surface area contributed by atoms with E-state index in [-0.39, 0.29) is 16.9 Å². The van der Waals surface area contributed by atoms with E-state index >= 15 is 0 Å². The van der Waals surface area contributed by atoms with Crippen LogP contribution in [0.2, 0.25) is 9.44 Å². The number of alkyl halides is 3. The Bertz CT molecular complexity index is 581. The van der Waals surface area contributed by atoms with E-state index in [4.69, 9.17) is 0 Å². The van der Waals surface area contributed by atoms with E-state index in [1.54, 1.807) is 12.1 Å². The van der Waals surface area contributed by atoms with Crippen LogP contribution in [0.15, 0.2) is 24.3 Å². The predicted molar refractivity (Wildman–Crippen MR) is 87.1 cm³/mol. The Kier molecular flexibility index (Phi) is 4.31. The van der Waals surface area contributed by atoms with Gasteiger partial charge in [0.25, 0.3) is 0 Å². The van der Waals surface area contributed by atoms with Gasteiger partial charge in [0.2, 0.25) is 0 Å². The monoisotopic (exact) mass is 443 g/mol. The van der Waals surface area contributed by atoms with Crippen molar-refractivity contribution in [3.63, 3.8) is 0 Å². The van der Waals surface area contributed by atoms with Crippen LogP contribution in [0, 0.1) is 16.7 Å². The first-order chi connectivity index (χ1) is 10.6. The molecule has 1 N–H and O–H groups in total. The second-order valence-corrected chi connectivity index (χ2v) is 13.5. The van der Waals surface area contributed by atoms with Gasteiger partial charge in [0.05, 0.1) is 0 Å². The van der Waals surface area contributed by atoms with Crippen LogP contribution in [0.5, 0.6) is 0 Å². The van der Waals surface area contributed by atoms with Crippen LogP contribution in [0.1, 0.15) is 38.7 Å². The Morgan fingerprint density at radius 1 is 1.22 bits per heavy atom. The summed E-state index contributed by atoms with van der Waals surface area (Å²) >= 11 is -1.74. The Hall–Kier alpha value is -0.240. The maximum absolute atomic E-state index is 12.7. The van der Waals surface area contributed by atoms with E-state index < -0.39 is 31.3 Å². The van der Waals surface area contributed by atoms with Gasteiger partial charge in [-0.05, 0) is 0 Å². The second-order valence-electron chi connectivity index (χ2n) is 7.67. The van der Waals surface area contributed by atoms with Crippen molar-refractivity contribution in [1.29, 1.82) is 0 Å². The Morgan fingerprint density at radius 2 is 1.83 bits per heavy atom. The van der Waals surface area contributed by atoms with E-state index in [9.17, 15) is 18.3 Å². The van der Waals surface area contributed by atoms with E-state index in [0.717, 1.165) is 20.9 Å². The topological polar surface area (TPSA) is 20.2 Å². The molecule has 0 radical (unpaired) electrons. The summed E-state index contributed by atoms with van der Waals surface area (Å²) in [7, 11) is 0. The first-order valence-electron chi connectivity index (χ1n) is 8.06. The summed E-state index contributed by atoms with van der Waals surface area (Å²) in [5.41, 5.74) is -0.451. The summed E-state index contributed by atoms with van der Waals surface area (Å²) in [5.74, 6) is 0.594. The molecule has 1 aromatic carbocycles. The van der Waals surface area contributed by atoms with Gasteiger partial charge in [0.1, 0.15) is 0 Å². The van der Waals surface area contributed by atoms with Gasteiger partial charge < -0.3 is 0 Å². The number of hydrogen-bond acceptors (Lipinski definition) is 1. The van der Waals surface area contributed by atoms with Crippen LogP contribution in [0.25, 0.3) is 0 Å². The zero-order chi connectivity index (χ0) is 17.0. The fourth-order valence-electron chi connectivity index (χ4n) is 4.73. The van der Waals surface area contributed by atoms with Crippen molar-refractivity contribution in [2.45, 2.75) is 54.8 Å². The summed E-state index contributed by atoms with van der Waals surface area (Å²) in [6.07, 6.45) is -1.37. The van der Waals surface area contributed by atoms with Gasteiger partial charge in [-0.25, -0.2) is 0 Å². The van der Waals surface area contributed by atoms with E-state index in [1.165, 1.54) is 18.6 Å². The molecule has 2 fully saturated rings. The molecule has 23 heavy (non-hydrogen) atoms. The quantitative estimate of drug-likeness (QED) is 0.697. The van der Waals surface area contributed by atoms with Crippen LogP contribution >= 0.6 is 0 Å². The Balaban J connectivity index is 1.80. The zero-order valence-corrected chi connectivity index (χ0v) is 16.1. The summed E-state index contributed by atoms with van der Waals surface area (Å²) in [6, 6.07) is 5.74. The molecular weight excluding hydrogens is 417 g/mol. The average molecular weight is 441 g/mol. The average Bonchev–Trinajstić information content (AvgIpc) is 2.80. The number of halogens is 3. The van der Waals surface area contributed by atoms with Gasteiger partial charge in [-0.3, -0.25) is 0 Å². The van der Waals surface area contributed by atoms with E-state index in [2.05, 4.69) is 18.8 Å². The van der Waals surface area contributed by atoms with Crippen LogP contribution in [-0.2, 0) is 6.18 Å². The van der Waals surface area contributed by atoms with Crippen molar-refractivity contribution in [3.05, 3.63) is 29.8 Å². The van der Waals surface area contributed by atoms with Gasteiger partial charge in [0, 0.05) is 0 Å². The molecule has 5 heteroatoms. The Labute approximate surface area is 142 Å². The third-order valence-corrected chi connectivity index (χ3v) is 12.2. The molecule has 2 bridgehead atoms. The molecule has 2 saturated carbocycles. The molecule has 0 spiro atoms. The fourth-order valence-corrected chi connectivity index (χ4v) is 11.1. The molecule has 2 aliphatic rings. The number of hydrogen-bond donors (Lipinski definition) is 1. The number of aliphatic hydroxyl groups is 1.